The number of nitrogens with one attached hydrogen (secondary N) is 1. The lowest BCUT2D eigenvalue weighted by Crippen LogP contribution is -2.26. The van der Waals surface area contributed by atoms with Crippen LogP contribution in [0.2, 0.25) is 5.02 Å². The number of ether oxygens (including phenoxy) is 1. The van der Waals surface area contributed by atoms with Gasteiger partial charge in [-0.05, 0) is 64.0 Å². The highest BCUT2D eigenvalue weighted by Gasteiger charge is 2.36. The smallest absolute Gasteiger partial charge is 0.306 e. The molecule has 1 aromatic carbocycles. The van der Waals surface area contributed by atoms with Gasteiger partial charge in [0.2, 0.25) is 11.6 Å². The second-order valence-electron chi connectivity index (χ2n) is 11.4. The molecule has 38 heavy (non-hydrogen) atoms. The van der Waals surface area contributed by atoms with Crippen LogP contribution in [0.3, 0.4) is 0 Å². The van der Waals surface area contributed by atoms with Crippen LogP contribution in [-0.4, -0.2) is 33.6 Å². The highest BCUT2D eigenvalue weighted by atomic mass is 35.5. The van der Waals surface area contributed by atoms with Crippen molar-refractivity contribution < 1.29 is 32.7 Å². The van der Waals surface area contributed by atoms with E-state index in [4.69, 9.17) is 16.3 Å². The first-order valence-corrected chi connectivity index (χ1v) is 12.9. The van der Waals surface area contributed by atoms with E-state index in [0.29, 0.717) is 37.9 Å². The van der Waals surface area contributed by atoms with E-state index in [-0.39, 0.29) is 40.8 Å². The average Bonchev–Trinajstić information content (AvgIpc) is 3.33. The van der Waals surface area contributed by atoms with Gasteiger partial charge in [-0.2, -0.15) is 0 Å². The Balaban J connectivity index is 1.72. The van der Waals surface area contributed by atoms with Crippen LogP contribution in [0.1, 0.15) is 93.3 Å². The van der Waals surface area contributed by atoms with Crippen molar-refractivity contribution in [2.75, 3.05) is 5.32 Å². The van der Waals surface area contributed by atoms with E-state index in [1.54, 1.807) is 25.3 Å². The van der Waals surface area contributed by atoms with Crippen molar-refractivity contribution in [3.8, 4) is 0 Å². The molecule has 1 N–H and O–H groups in total. The minimum absolute atomic E-state index is 0.0278. The van der Waals surface area contributed by atoms with Crippen LogP contribution >= 0.6 is 11.6 Å². The summed E-state index contributed by atoms with van der Waals surface area (Å²) in [4.78, 5) is 51.3. The molecule has 0 fully saturated rings. The normalized spacial score (nSPS) is 13.3. The minimum atomic E-state index is -1.12. The standard InChI is InChI=1S/C28H33ClF2N2O5/c1-27(2,3)38-21(35)9-6-12-28(4,5)15-20(34)25(36)24-23(29)22(19-8-7-13-33(19)24)26(37)32-16-10-11-17(30)18(31)14-16/h10-11,14H,6-9,12-13,15H2,1-5H3,(H,32,37). The summed E-state index contributed by atoms with van der Waals surface area (Å²) in [6, 6.07) is 2.94. The molecule has 0 bridgehead atoms. The number of carbonyl (C=O) groups is 4. The summed E-state index contributed by atoms with van der Waals surface area (Å²) in [6.07, 6.45) is 2.29. The number of anilines is 1. The first kappa shape index (κ1) is 29.5. The van der Waals surface area contributed by atoms with Gasteiger partial charge >= 0.3 is 5.97 Å². The Morgan fingerprint density at radius 1 is 1.08 bits per heavy atom. The Bertz CT molecular complexity index is 1280. The molecule has 0 atom stereocenters. The van der Waals surface area contributed by atoms with Gasteiger partial charge in [-0.25, -0.2) is 8.78 Å². The van der Waals surface area contributed by atoms with Crippen molar-refractivity contribution in [1.29, 1.82) is 0 Å². The summed E-state index contributed by atoms with van der Waals surface area (Å²) < 4.78 is 33.7. The molecule has 2 heterocycles. The van der Waals surface area contributed by atoms with Crippen molar-refractivity contribution >= 4 is 40.7 Å². The van der Waals surface area contributed by atoms with E-state index in [9.17, 15) is 28.0 Å². The number of carbonyl (C=O) groups excluding carboxylic acids is 4. The number of hydrogen-bond donors (Lipinski definition) is 1. The zero-order valence-electron chi connectivity index (χ0n) is 22.3. The van der Waals surface area contributed by atoms with E-state index in [1.165, 1.54) is 6.07 Å². The van der Waals surface area contributed by atoms with E-state index in [2.05, 4.69) is 5.32 Å². The molecule has 10 heteroatoms. The molecule has 0 saturated carbocycles. The average molecular weight is 551 g/mol. The Morgan fingerprint density at radius 3 is 2.39 bits per heavy atom. The van der Waals surface area contributed by atoms with Gasteiger partial charge in [0.1, 0.15) is 11.3 Å². The van der Waals surface area contributed by atoms with Gasteiger partial charge in [0.25, 0.3) is 5.91 Å². The van der Waals surface area contributed by atoms with E-state index in [0.717, 1.165) is 12.1 Å². The zero-order valence-corrected chi connectivity index (χ0v) is 23.1. The lowest BCUT2D eigenvalue weighted by Gasteiger charge is -2.24. The third kappa shape index (κ3) is 7.07. The Kier molecular flexibility index (Phi) is 8.81. The maximum absolute atomic E-state index is 13.6. The van der Waals surface area contributed by atoms with Crippen molar-refractivity contribution in [3.63, 3.8) is 0 Å². The summed E-state index contributed by atoms with van der Waals surface area (Å²) in [5.74, 6) is -4.60. The number of ketones is 2. The first-order chi connectivity index (χ1) is 17.6. The fourth-order valence-corrected chi connectivity index (χ4v) is 4.99. The van der Waals surface area contributed by atoms with Crippen LogP contribution in [0.15, 0.2) is 18.2 Å². The number of rotatable bonds is 10. The number of esters is 1. The number of aromatic nitrogens is 1. The van der Waals surface area contributed by atoms with Gasteiger partial charge in [0.15, 0.2) is 11.6 Å². The molecule has 1 aromatic heterocycles. The van der Waals surface area contributed by atoms with Crippen molar-refractivity contribution in [2.24, 2.45) is 5.41 Å². The topological polar surface area (TPSA) is 94.5 Å². The van der Waals surface area contributed by atoms with Crippen LogP contribution in [0.5, 0.6) is 0 Å². The Labute approximate surface area is 225 Å². The number of halogens is 3. The highest BCUT2D eigenvalue weighted by molar-refractivity contribution is 6.48. The van der Waals surface area contributed by atoms with Gasteiger partial charge in [-0.15, -0.1) is 0 Å². The summed E-state index contributed by atoms with van der Waals surface area (Å²) in [5, 5.41) is 2.35. The van der Waals surface area contributed by atoms with Crippen molar-refractivity contribution in [2.45, 2.75) is 85.3 Å². The van der Waals surface area contributed by atoms with Crippen LogP contribution in [0.4, 0.5) is 14.5 Å². The van der Waals surface area contributed by atoms with Crippen LogP contribution in [0, 0.1) is 17.0 Å². The fraction of sp³-hybridized carbons (Fsp3) is 0.500. The molecule has 1 amide bonds. The maximum atomic E-state index is 13.6. The molecule has 2 aromatic rings. The monoisotopic (exact) mass is 550 g/mol. The van der Waals surface area contributed by atoms with Gasteiger partial charge in [-0.3, -0.25) is 19.2 Å². The van der Waals surface area contributed by atoms with Gasteiger partial charge in [0, 0.05) is 36.8 Å². The van der Waals surface area contributed by atoms with E-state index < -0.39 is 40.1 Å². The Morgan fingerprint density at radius 2 is 1.76 bits per heavy atom. The van der Waals surface area contributed by atoms with Crippen LogP contribution in [-0.2, 0) is 27.3 Å². The molecular formula is C28H33ClF2N2O5. The zero-order chi connectivity index (χ0) is 28.4. The summed E-state index contributed by atoms with van der Waals surface area (Å²) >= 11 is 6.51. The molecule has 0 saturated heterocycles. The highest BCUT2D eigenvalue weighted by Crippen LogP contribution is 2.36. The van der Waals surface area contributed by atoms with Gasteiger partial charge in [-0.1, -0.05) is 25.4 Å². The molecule has 0 radical (unpaired) electrons. The predicted molar refractivity (Wildman–Crippen MR) is 140 cm³/mol. The number of Topliss-reactive ketones (excluding diaryl/α,β-unsaturated/α-hetero) is 2. The molecule has 0 aliphatic carbocycles. The quantitative estimate of drug-likeness (QED) is 0.213. The minimum Gasteiger partial charge on any atom is -0.460 e. The summed E-state index contributed by atoms with van der Waals surface area (Å²) in [5.41, 5.74) is -0.584. The second kappa shape index (κ2) is 11.4. The fourth-order valence-electron chi connectivity index (χ4n) is 4.60. The molecule has 0 spiro atoms. The van der Waals surface area contributed by atoms with E-state index in [1.807, 2.05) is 13.8 Å². The third-order valence-corrected chi connectivity index (χ3v) is 6.64. The van der Waals surface area contributed by atoms with Crippen molar-refractivity contribution in [3.05, 3.63) is 51.8 Å². The largest absolute Gasteiger partial charge is 0.460 e. The molecule has 1 aliphatic heterocycles. The Hall–Kier alpha value is -3.07. The lowest BCUT2D eigenvalue weighted by atomic mass is 9.81. The van der Waals surface area contributed by atoms with Crippen molar-refractivity contribution in [1.82, 2.24) is 4.57 Å². The number of fused-ring (bicyclic) bond motifs is 1. The van der Waals surface area contributed by atoms with Gasteiger partial charge < -0.3 is 14.6 Å². The SMILES string of the molecule is CC(C)(CCCC(=O)OC(C)(C)C)CC(=O)C(=O)c1c(Cl)c(C(=O)Nc2ccc(F)c(F)c2)c2n1CCC2. The molecule has 0 unspecified atom stereocenters. The summed E-state index contributed by atoms with van der Waals surface area (Å²) in [7, 11) is 0. The predicted octanol–water partition coefficient (Wildman–Crippen LogP) is 6.30. The number of nitrogens with zero attached hydrogens (tertiary/aromatic N) is 1. The van der Waals surface area contributed by atoms with Crippen LogP contribution < -0.4 is 5.32 Å². The molecule has 1 aliphatic rings. The molecule has 7 nitrogen and oxygen atoms in total. The lowest BCUT2D eigenvalue weighted by molar-refractivity contribution is -0.155. The number of amides is 1. The summed E-state index contributed by atoms with van der Waals surface area (Å²) in [6.45, 7) is 9.48. The molecule has 206 valence electrons. The maximum Gasteiger partial charge on any atom is 0.306 e. The number of benzene rings is 1. The second-order valence-corrected chi connectivity index (χ2v) is 11.7. The van der Waals surface area contributed by atoms with Crippen LogP contribution in [0.25, 0.3) is 0 Å². The third-order valence-electron chi connectivity index (χ3n) is 6.27. The number of hydrogen-bond acceptors (Lipinski definition) is 5. The first-order valence-electron chi connectivity index (χ1n) is 12.6. The molecule has 3 rings (SSSR count). The molecular weight excluding hydrogens is 518 g/mol. The van der Waals surface area contributed by atoms with Gasteiger partial charge in [0.05, 0.1) is 10.6 Å². The van der Waals surface area contributed by atoms with E-state index >= 15 is 0 Å².